The van der Waals surface area contributed by atoms with Gasteiger partial charge < -0.3 is 0 Å². The first-order valence-electron chi connectivity index (χ1n) is 8.03. The average molecular weight is 342 g/mol. The standard InChI is InChI=1S/C12H27P.C3H9O4P/c1-4-7-10-13(11-8-5-2)12-9-6-3;1-5-8(4,6-2)7-3/h4-12H2,1-3H3;1-3H3. The highest BCUT2D eigenvalue weighted by atomic mass is 31.2. The molecular weight excluding hydrogens is 306 g/mol. The number of hydrogen-bond acceptors (Lipinski definition) is 4. The van der Waals surface area contributed by atoms with Crippen LogP contribution in [0.1, 0.15) is 59.3 Å². The second-order valence-corrected chi connectivity index (χ2v) is 9.57. The first kappa shape index (κ1) is 23.8. The molecule has 0 aromatic rings. The lowest BCUT2D eigenvalue weighted by atomic mass is 10.4. The van der Waals surface area contributed by atoms with E-state index in [4.69, 9.17) is 0 Å². The van der Waals surface area contributed by atoms with Crippen LogP contribution in [0.5, 0.6) is 0 Å². The lowest BCUT2D eigenvalue weighted by molar-refractivity contribution is 0.178. The summed E-state index contributed by atoms with van der Waals surface area (Å²) < 4.78 is 23.7. The Morgan fingerprint density at radius 2 is 1.00 bits per heavy atom. The van der Waals surface area contributed by atoms with Crippen LogP contribution < -0.4 is 0 Å². The molecule has 0 aliphatic carbocycles. The minimum Gasteiger partial charge on any atom is -0.290 e. The Labute approximate surface area is 133 Å². The van der Waals surface area contributed by atoms with Crippen LogP contribution in [0.25, 0.3) is 0 Å². The monoisotopic (exact) mass is 342 g/mol. The van der Waals surface area contributed by atoms with Gasteiger partial charge in [0.05, 0.1) is 0 Å². The van der Waals surface area contributed by atoms with Crippen LogP contribution in [0.3, 0.4) is 0 Å². The minimum absolute atomic E-state index is 0.422. The summed E-state index contributed by atoms with van der Waals surface area (Å²) in [6.07, 6.45) is 13.2. The maximum Gasteiger partial charge on any atom is 0.473 e. The van der Waals surface area contributed by atoms with Crippen LogP contribution in [0.2, 0.25) is 0 Å². The number of rotatable bonds is 12. The average Bonchev–Trinajstić information content (AvgIpc) is 2.54. The van der Waals surface area contributed by atoms with Crippen LogP contribution in [-0.2, 0) is 18.1 Å². The molecule has 0 aliphatic rings. The van der Waals surface area contributed by atoms with Crippen molar-refractivity contribution in [2.75, 3.05) is 39.8 Å². The summed E-state index contributed by atoms with van der Waals surface area (Å²) in [5.41, 5.74) is 0. The molecule has 0 aromatic carbocycles. The fourth-order valence-electron chi connectivity index (χ4n) is 1.70. The molecule has 0 heterocycles. The van der Waals surface area contributed by atoms with E-state index in [0.717, 1.165) is 0 Å². The van der Waals surface area contributed by atoms with Crippen LogP contribution in [-0.4, -0.2) is 39.8 Å². The SMILES string of the molecule is CCCCP(CCCC)CCCC.COP(=O)(OC)OC. The van der Waals surface area contributed by atoms with Gasteiger partial charge in [-0.2, -0.15) is 0 Å². The summed E-state index contributed by atoms with van der Waals surface area (Å²) in [6.45, 7) is 6.94. The molecule has 0 atom stereocenters. The molecule has 0 amide bonds. The van der Waals surface area contributed by atoms with E-state index < -0.39 is 7.82 Å². The van der Waals surface area contributed by atoms with Gasteiger partial charge in [-0.15, -0.1) is 7.92 Å². The van der Waals surface area contributed by atoms with Gasteiger partial charge in [-0.3, -0.25) is 13.6 Å². The van der Waals surface area contributed by atoms with Gasteiger partial charge in [0.15, 0.2) is 0 Å². The van der Waals surface area contributed by atoms with E-state index in [1.807, 2.05) is 0 Å². The van der Waals surface area contributed by atoms with Crippen molar-refractivity contribution in [1.82, 2.24) is 0 Å². The van der Waals surface area contributed by atoms with E-state index >= 15 is 0 Å². The molecule has 0 aromatic heterocycles. The lowest BCUT2D eigenvalue weighted by Gasteiger charge is -2.16. The van der Waals surface area contributed by atoms with Gasteiger partial charge >= 0.3 is 7.82 Å². The molecule has 0 fully saturated rings. The third kappa shape index (κ3) is 15.2. The molecule has 0 saturated heterocycles. The third-order valence-electron chi connectivity index (χ3n) is 3.15. The third-order valence-corrected chi connectivity index (χ3v) is 7.34. The van der Waals surface area contributed by atoms with Gasteiger partial charge in [-0.1, -0.05) is 40.0 Å². The highest BCUT2D eigenvalue weighted by molar-refractivity contribution is 7.57. The van der Waals surface area contributed by atoms with Crippen molar-refractivity contribution >= 4 is 15.7 Å². The Bertz CT molecular complexity index is 212. The molecule has 0 rings (SSSR count). The Morgan fingerprint density at radius 1 is 0.714 bits per heavy atom. The molecule has 6 heteroatoms. The van der Waals surface area contributed by atoms with Crippen molar-refractivity contribution in [3.8, 4) is 0 Å². The van der Waals surface area contributed by atoms with Crippen molar-refractivity contribution in [1.29, 1.82) is 0 Å². The van der Waals surface area contributed by atoms with Gasteiger partial charge in [0.1, 0.15) is 0 Å². The van der Waals surface area contributed by atoms with E-state index in [-0.39, 0.29) is 0 Å². The highest BCUT2D eigenvalue weighted by Crippen LogP contribution is 2.46. The Hall–Kier alpha value is 0.540. The summed E-state index contributed by atoms with van der Waals surface area (Å²) in [6, 6.07) is 0. The number of unbranched alkanes of at least 4 members (excludes halogenated alkanes) is 3. The second-order valence-electron chi connectivity index (χ2n) is 4.90. The van der Waals surface area contributed by atoms with Crippen molar-refractivity contribution in [3.05, 3.63) is 0 Å². The topological polar surface area (TPSA) is 44.8 Å². The number of phosphoric acid groups is 1. The largest absolute Gasteiger partial charge is 0.473 e. The molecule has 21 heavy (non-hydrogen) atoms. The van der Waals surface area contributed by atoms with Gasteiger partial charge in [0.2, 0.25) is 0 Å². The first-order chi connectivity index (χ1) is 10.0. The van der Waals surface area contributed by atoms with Crippen LogP contribution >= 0.6 is 15.7 Å². The Balaban J connectivity index is 0. The highest BCUT2D eigenvalue weighted by Gasteiger charge is 2.18. The fraction of sp³-hybridized carbons (Fsp3) is 1.00. The first-order valence-corrected chi connectivity index (χ1v) is 11.4. The van der Waals surface area contributed by atoms with Crippen LogP contribution in [0.4, 0.5) is 0 Å². The van der Waals surface area contributed by atoms with E-state index in [1.165, 1.54) is 59.9 Å². The van der Waals surface area contributed by atoms with Crippen LogP contribution in [0.15, 0.2) is 0 Å². The van der Waals surface area contributed by atoms with Gasteiger partial charge in [0, 0.05) is 21.3 Å². The zero-order valence-electron chi connectivity index (χ0n) is 14.9. The van der Waals surface area contributed by atoms with Crippen molar-refractivity contribution in [3.63, 3.8) is 0 Å². The fourth-order valence-corrected chi connectivity index (χ4v) is 5.11. The molecule has 0 bridgehead atoms. The van der Waals surface area contributed by atoms with E-state index in [0.29, 0.717) is 7.92 Å². The summed E-state index contributed by atoms with van der Waals surface area (Å²) >= 11 is 0. The summed E-state index contributed by atoms with van der Waals surface area (Å²) in [5, 5.41) is 0. The maximum absolute atomic E-state index is 10.7. The molecule has 0 radical (unpaired) electrons. The second kappa shape index (κ2) is 16.9. The molecule has 0 saturated carbocycles. The lowest BCUT2D eigenvalue weighted by Crippen LogP contribution is -1.95. The zero-order valence-corrected chi connectivity index (χ0v) is 16.7. The molecular formula is C15H36O4P2. The van der Waals surface area contributed by atoms with E-state index in [2.05, 4.69) is 34.3 Å². The molecule has 0 N–H and O–H groups in total. The van der Waals surface area contributed by atoms with E-state index in [9.17, 15) is 4.57 Å². The normalized spacial score (nSPS) is 11.4. The quantitative estimate of drug-likeness (QED) is 0.414. The van der Waals surface area contributed by atoms with E-state index in [1.54, 1.807) is 18.5 Å². The van der Waals surface area contributed by atoms with Crippen molar-refractivity contribution < 1.29 is 18.1 Å². The molecule has 0 aliphatic heterocycles. The zero-order chi connectivity index (χ0) is 16.6. The van der Waals surface area contributed by atoms with Crippen molar-refractivity contribution in [2.24, 2.45) is 0 Å². The van der Waals surface area contributed by atoms with Gasteiger partial charge in [-0.25, -0.2) is 4.57 Å². The molecule has 0 unspecified atom stereocenters. The molecule has 0 spiro atoms. The van der Waals surface area contributed by atoms with Gasteiger partial charge in [0.25, 0.3) is 0 Å². The van der Waals surface area contributed by atoms with Crippen LogP contribution in [0, 0.1) is 0 Å². The number of hydrogen-bond donors (Lipinski definition) is 0. The molecule has 4 nitrogen and oxygen atoms in total. The minimum atomic E-state index is -3.16. The van der Waals surface area contributed by atoms with Crippen molar-refractivity contribution in [2.45, 2.75) is 59.3 Å². The Kier molecular flexibility index (Phi) is 19.2. The van der Waals surface area contributed by atoms with Gasteiger partial charge in [-0.05, 0) is 37.7 Å². The summed E-state index contributed by atoms with van der Waals surface area (Å²) in [7, 11) is 1.03. The maximum atomic E-state index is 10.7. The smallest absolute Gasteiger partial charge is 0.290 e. The summed E-state index contributed by atoms with van der Waals surface area (Å²) in [4.78, 5) is 0. The summed E-state index contributed by atoms with van der Waals surface area (Å²) in [5.74, 6) is 0. The number of phosphoric ester groups is 1. The molecule has 130 valence electrons. The Morgan fingerprint density at radius 3 is 1.14 bits per heavy atom. The predicted molar refractivity (Wildman–Crippen MR) is 94.9 cm³/mol. The predicted octanol–water partition coefficient (Wildman–Crippen LogP) is 5.90.